The Labute approximate surface area is 184 Å². The molecule has 0 aromatic heterocycles. The molecule has 0 amide bonds. The maximum Gasteiger partial charge on any atom is 0.314 e. The summed E-state index contributed by atoms with van der Waals surface area (Å²) in [7, 11) is 0. The second-order valence-corrected chi connectivity index (χ2v) is 7.44. The van der Waals surface area contributed by atoms with Gasteiger partial charge in [0.05, 0.1) is 12.8 Å². The number of esters is 2. The first-order valence-corrected chi connectivity index (χ1v) is 11.0. The van der Waals surface area contributed by atoms with Crippen LogP contribution in [0.15, 0.2) is 0 Å². The van der Waals surface area contributed by atoms with Crippen LogP contribution in [0.1, 0.15) is 122 Å². The first-order valence-electron chi connectivity index (χ1n) is 11.0. The smallest absolute Gasteiger partial charge is 0.314 e. The largest absolute Gasteiger partial charge is 0.481 e. The van der Waals surface area contributed by atoms with Crippen molar-refractivity contribution in [2.75, 3.05) is 0 Å². The predicted molar refractivity (Wildman–Crippen MR) is 108 cm³/mol. The molecule has 0 bridgehead atoms. The molecule has 0 aliphatic heterocycles. The molecule has 0 rings (SSSR count). The Morgan fingerprint density at radius 3 is 1.32 bits per heavy atom. The first kappa shape index (κ1) is 29.4. The molecular weight excluding hydrogens is 410 g/mol. The van der Waals surface area contributed by atoms with Crippen molar-refractivity contribution < 1.29 is 43.7 Å². The van der Waals surface area contributed by atoms with Gasteiger partial charge in [0.25, 0.3) is 0 Å². The number of hydrogen-bond acceptors (Lipinski definition) is 4. The summed E-state index contributed by atoms with van der Waals surface area (Å²) in [5.74, 6) is -2.36. The Bertz CT molecular complexity index is 398. The fourth-order valence-corrected chi connectivity index (χ4v) is 3.08. The van der Waals surface area contributed by atoms with E-state index in [1.54, 1.807) is 0 Å². The van der Waals surface area contributed by atoms with E-state index in [9.17, 15) is 14.4 Å². The molecule has 0 fully saturated rings. The molecule has 6 heteroatoms. The van der Waals surface area contributed by atoms with E-state index in [1.807, 2.05) is 0 Å². The molecule has 0 aliphatic carbocycles. The van der Waals surface area contributed by atoms with Gasteiger partial charge in [-0.3, -0.25) is 14.4 Å². The predicted octanol–water partition coefficient (Wildman–Crippen LogP) is 6.18. The fourth-order valence-electron chi connectivity index (χ4n) is 3.08. The van der Waals surface area contributed by atoms with Gasteiger partial charge in [0, 0.05) is 25.9 Å². The topological polar surface area (TPSA) is 80.7 Å². The summed E-state index contributed by atoms with van der Waals surface area (Å²) in [5, 5.41) is 8.46. The third kappa shape index (κ3) is 23.3. The van der Waals surface area contributed by atoms with E-state index in [4.69, 9.17) is 5.11 Å². The molecule has 0 heterocycles. The summed E-state index contributed by atoms with van der Waals surface area (Å²) in [5.41, 5.74) is 0. The number of carboxylic acid groups (broad SMARTS) is 1. The van der Waals surface area contributed by atoms with E-state index < -0.39 is 17.9 Å². The monoisotopic (exact) mass is 448 g/mol. The molecule has 0 aromatic rings. The van der Waals surface area contributed by atoms with Gasteiger partial charge < -0.3 is 9.84 Å². The Hall–Kier alpha value is -0.767. The van der Waals surface area contributed by atoms with Crippen molar-refractivity contribution >= 4 is 17.9 Å². The number of carbonyl (C=O) groups is 3. The van der Waals surface area contributed by atoms with E-state index in [1.165, 1.54) is 77.0 Å². The van der Waals surface area contributed by atoms with Crippen LogP contribution in [-0.4, -0.2) is 23.0 Å². The van der Waals surface area contributed by atoms with Crippen LogP contribution in [0.4, 0.5) is 0 Å². The number of unbranched alkanes of at least 4 members (excludes halogenated alkanes) is 14. The third-order valence-electron chi connectivity index (χ3n) is 4.76. The molecular formula is C22H40O5Zn. The first-order chi connectivity index (χ1) is 13.1. The van der Waals surface area contributed by atoms with Crippen molar-refractivity contribution in [2.24, 2.45) is 0 Å². The molecule has 1 N–H and O–H groups in total. The molecule has 0 atom stereocenters. The molecule has 0 unspecified atom stereocenters. The van der Waals surface area contributed by atoms with Gasteiger partial charge in [0.15, 0.2) is 0 Å². The number of carbonyl (C=O) groups excluding carboxylic acids is 2. The SMILES string of the molecule is CCCCCCCCCCCCCCCCCC(=O)OC(=O)CCC(=O)O.[Zn]. The zero-order valence-corrected chi connectivity index (χ0v) is 21.0. The summed E-state index contributed by atoms with van der Waals surface area (Å²) in [6.07, 6.45) is 18.6. The summed E-state index contributed by atoms with van der Waals surface area (Å²) in [4.78, 5) is 33.0. The minimum Gasteiger partial charge on any atom is -0.481 e. The number of carboxylic acids is 1. The van der Waals surface area contributed by atoms with Crippen LogP contribution in [0.25, 0.3) is 0 Å². The quantitative estimate of drug-likeness (QED) is 0.110. The van der Waals surface area contributed by atoms with Gasteiger partial charge in [-0.1, -0.05) is 96.8 Å². The van der Waals surface area contributed by atoms with E-state index >= 15 is 0 Å². The van der Waals surface area contributed by atoms with Gasteiger partial charge in [0.1, 0.15) is 0 Å². The fraction of sp³-hybridized carbons (Fsp3) is 0.864. The number of rotatable bonds is 19. The van der Waals surface area contributed by atoms with Crippen molar-refractivity contribution in [3.8, 4) is 0 Å². The van der Waals surface area contributed by atoms with Gasteiger partial charge in [-0.05, 0) is 6.42 Å². The van der Waals surface area contributed by atoms with E-state index in [-0.39, 0.29) is 38.7 Å². The van der Waals surface area contributed by atoms with Gasteiger partial charge >= 0.3 is 17.9 Å². The molecule has 0 saturated carbocycles. The normalized spacial score (nSPS) is 10.3. The molecule has 5 nitrogen and oxygen atoms in total. The van der Waals surface area contributed by atoms with Gasteiger partial charge in [-0.15, -0.1) is 0 Å². The molecule has 0 aliphatic rings. The van der Waals surface area contributed by atoms with Crippen molar-refractivity contribution in [2.45, 2.75) is 122 Å². The Kier molecular flexibility index (Phi) is 23.7. The summed E-state index contributed by atoms with van der Waals surface area (Å²) in [6, 6.07) is 0. The van der Waals surface area contributed by atoms with Crippen LogP contribution in [0.3, 0.4) is 0 Å². The van der Waals surface area contributed by atoms with Crippen LogP contribution < -0.4 is 0 Å². The molecule has 0 saturated heterocycles. The van der Waals surface area contributed by atoms with E-state index in [2.05, 4.69) is 11.7 Å². The Morgan fingerprint density at radius 2 is 0.929 bits per heavy atom. The maximum atomic E-state index is 11.4. The Morgan fingerprint density at radius 1 is 0.571 bits per heavy atom. The second-order valence-electron chi connectivity index (χ2n) is 7.44. The maximum absolute atomic E-state index is 11.4. The molecule has 160 valence electrons. The zero-order valence-electron chi connectivity index (χ0n) is 18.0. The van der Waals surface area contributed by atoms with Crippen LogP contribution in [0.2, 0.25) is 0 Å². The zero-order chi connectivity index (χ0) is 20.2. The van der Waals surface area contributed by atoms with Crippen molar-refractivity contribution in [3.05, 3.63) is 0 Å². The van der Waals surface area contributed by atoms with Crippen LogP contribution in [0.5, 0.6) is 0 Å². The summed E-state index contributed by atoms with van der Waals surface area (Å²) >= 11 is 0. The van der Waals surface area contributed by atoms with Crippen LogP contribution >= 0.6 is 0 Å². The van der Waals surface area contributed by atoms with Crippen LogP contribution in [0, 0.1) is 0 Å². The van der Waals surface area contributed by atoms with Crippen molar-refractivity contribution in [3.63, 3.8) is 0 Å². The van der Waals surface area contributed by atoms with Gasteiger partial charge in [0.2, 0.25) is 0 Å². The standard InChI is InChI=1S/C22H40O5.Zn/c1-2-3-4-5-6-7-8-9-10-11-12-13-14-15-16-17-21(25)27-22(26)19-18-20(23)24;/h2-19H2,1H3,(H,23,24);. The summed E-state index contributed by atoms with van der Waals surface area (Å²) < 4.78 is 4.58. The Balaban J connectivity index is 0. The van der Waals surface area contributed by atoms with Crippen LogP contribution in [-0.2, 0) is 38.6 Å². The average Bonchev–Trinajstić information content (AvgIpc) is 2.63. The molecule has 0 spiro atoms. The molecule has 28 heavy (non-hydrogen) atoms. The minimum absolute atomic E-state index is 0. The van der Waals surface area contributed by atoms with Crippen molar-refractivity contribution in [1.29, 1.82) is 0 Å². The van der Waals surface area contributed by atoms with Gasteiger partial charge in [-0.25, -0.2) is 0 Å². The van der Waals surface area contributed by atoms with E-state index in [0.717, 1.165) is 19.3 Å². The number of ether oxygens (including phenoxy) is 1. The number of aliphatic carboxylic acids is 1. The molecule has 0 aromatic carbocycles. The van der Waals surface area contributed by atoms with Crippen molar-refractivity contribution in [1.82, 2.24) is 0 Å². The molecule has 0 radical (unpaired) electrons. The number of hydrogen-bond donors (Lipinski definition) is 1. The third-order valence-corrected chi connectivity index (χ3v) is 4.76. The average molecular weight is 450 g/mol. The second kappa shape index (κ2) is 22.5. The minimum atomic E-state index is -1.07. The van der Waals surface area contributed by atoms with E-state index in [0.29, 0.717) is 0 Å². The van der Waals surface area contributed by atoms with Gasteiger partial charge in [-0.2, -0.15) is 0 Å². The summed E-state index contributed by atoms with van der Waals surface area (Å²) in [6.45, 7) is 2.25.